The first-order chi connectivity index (χ1) is 10.2. The topological polar surface area (TPSA) is 68.3 Å². The van der Waals surface area contributed by atoms with Crippen molar-refractivity contribution in [1.82, 2.24) is 9.97 Å². The minimum Gasteiger partial charge on any atom is -0.379 e. The largest absolute Gasteiger partial charge is 0.379 e. The molecule has 0 radical (unpaired) electrons. The number of hydrogen-bond donors (Lipinski definition) is 2. The second-order valence-corrected chi connectivity index (χ2v) is 5.90. The molecule has 2 atom stereocenters. The fourth-order valence-electron chi connectivity index (χ4n) is 2.54. The molecule has 1 saturated carbocycles. The van der Waals surface area contributed by atoms with Gasteiger partial charge < -0.3 is 20.1 Å². The second-order valence-electron chi connectivity index (χ2n) is 5.90. The Kier molecular flexibility index (Phi) is 4.55. The summed E-state index contributed by atoms with van der Waals surface area (Å²) in [5.74, 6) is 2.23. The van der Waals surface area contributed by atoms with Gasteiger partial charge in [-0.15, -0.1) is 0 Å². The van der Waals surface area contributed by atoms with E-state index in [-0.39, 0.29) is 12.1 Å². The van der Waals surface area contributed by atoms with Crippen LogP contribution in [0.4, 0.5) is 11.8 Å². The molecule has 3 rings (SSSR count). The lowest BCUT2D eigenvalue weighted by molar-refractivity contribution is -0.0439. The third kappa shape index (κ3) is 4.04. The second kappa shape index (κ2) is 6.58. The van der Waals surface area contributed by atoms with E-state index in [1.807, 2.05) is 20.0 Å². The lowest BCUT2D eigenvalue weighted by atomic mass is 10.1. The summed E-state index contributed by atoms with van der Waals surface area (Å²) >= 11 is 0. The van der Waals surface area contributed by atoms with Gasteiger partial charge in [0.1, 0.15) is 5.82 Å². The van der Waals surface area contributed by atoms with Gasteiger partial charge >= 0.3 is 0 Å². The number of nitrogens with one attached hydrogen (secondary N) is 2. The van der Waals surface area contributed by atoms with E-state index in [1.54, 1.807) is 0 Å². The van der Waals surface area contributed by atoms with E-state index in [4.69, 9.17) is 9.47 Å². The number of ether oxygens (including phenoxy) is 2. The Morgan fingerprint density at radius 1 is 1.33 bits per heavy atom. The summed E-state index contributed by atoms with van der Waals surface area (Å²) in [5.41, 5.74) is 0.934. The highest BCUT2D eigenvalue weighted by Gasteiger charge is 2.30. The number of nitrogens with zero attached hydrogens (tertiary/aromatic N) is 2. The van der Waals surface area contributed by atoms with Crippen LogP contribution in [-0.4, -0.2) is 49.0 Å². The molecule has 116 valence electrons. The van der Waals surface area contributed by atoms with Crippen molar-refractivity contribution >= 4 is 11.8 Å². The summed E-state index contributed by atoms with van der Waals surface area (Å²) in [4.78, 5) is 8.75. The van der Waals surface area contributed by atoms with Gasteiger partial charge in [-0.3, -0.25) is 0 Å². The number of rotatable bonds is 6. The summed E-state index contributed by atoms with van der Waals surface area (Å²) in [6, 6.07) is 2.10. The molecule has 6 heteroatoms. The van der Waals surface area contributed by atoms with Crippen molar-refractivity contribution < 1.29 is 9.47 Å². The van der Waals surface area contributed by atoms with Crippen LogP contribution in [0.25, 0.3) is 0 Å². The Bertz CT molecular complexity index is 479. The highest BCUT2D eigenvalue weighted by molar-refractivity contribution is 5.43. The third-order valence-corrected chi connectivity index (χ3v) is 3.95. The number of aryl methyl sites for hydroxylation is 1. The van der Waals surface area contributed by atoms with E-state index in [2.05, 4.69) is 20.6 Å². The van der Waals surface area contributed by atoms with E-state index in [0.717, 1.165) is 37.1 Å². The van der Waals surface area contributed by atoms with Crippen LogP contribution in [0.2, 0.25) is 0 Å². The predicted octanol–water partition coefficient (Wildman–Crippen LogP) is 1.82. The van der Waals surface area contributed by atoms with Crippen LogP contribution >= 0.6 is 0 Å². The van der Waals surface area contributed by atoms with Crippen LogP contribution in [0.1, 0.15) is 25.0 Å². The van der Waals surface area contributed by atoms with Crippen molar-refractivity contribution in [2.24, 2.45) is 5.92 Å². The zero-order valence-electron chi connectivity index (χ0n) is 12.8. The van der Waals surface area contributed by atoms with Crippen molar-refractivity contribution in [2.75, 3.05) is 37.5 Å². The van der Waals surface area contributed by atoms with Crippen LogP contribution in [-0.2, 0) is 9.47 Å². The molecule has 21 heavy (non-hydrogen) atoms. The SMILES string of the molecule is CNc1nc(C)cc(N[C@@H]2COCC[C@@H]2OCC2CC2)n1. The van der Waals surface area contributed by atoms with Gasteiger partial charge in [0.25, 0.3) is 0 Å². The summed E-state index contributed by atoms with van der Waals surface area (Å²) in [6.07, 6.45) is 3.77. The molecule has 0 bridgehead atoms. The zero-order chi connectivity index (χ0) is 14.7. The van der Waals surface area contributed by atoms with Crippen molar-refractivity contribution in [3.8, 4) is 0 Å². The lowest BCUT2D eigenvalue weighted by Gasteiger charge is -2.32. The van der Waals surface area contributed by atoms with Gasteiger partial charge in [0.15, 0.2) is 0 Å². The average Bonchev–Trinajstić information content (AvgIpc) is 3.30. The molecule has 1 aliphatic carbocycles. The molecule has 0 amide bonds. The maximum absolute atomic E-state index is 6.08. The molecule has 1 aliphatic heterocycles. The molecule has 1 aromatic heterocycles. The highest BCUT2D eigenvalue weighted by atomic mass is 16.5. The predicted molar refractivity (Wildman–Crippen MR) is 81.6 cm³/mol. The zero-order valence-corrected chi connectivity index (χ0v) is 12.8. The van der Waals surface area contributed by atoms with E-state index >= 15 is 0 Å². The summed E-state index contributed by atoms with van der Waals surface area (Å²) in [5, 5.41) is 6.43. The van der Waals surface area contributed by atoms with E-state index in [9.17, 15) is 0 Å². The molecule has 0 aromatic carbocycles. The molecule has 0 spiro atoms. The Morgan fingerprint density at radius 3 is 2.95 bits per heavy atom. The highest BCUT2D eigenvalue weighted by Crippen LogP contribution is 2.30. The molecule has 1 saturated heterocycles. The Balaban J connectivity index is 1.63. The van der Waals surface area contributed by atoms with Gasteiger partial charge in [0.2, 0.25) is 5.95 Å². The minimum absolute atomic E-state index is 0.150. The van der Waals surface area contributed by atoms with Gasteiger partial charge in [-0.2, -0.15) is 4.98 Å². The standard InChI is InChI=1S/C15H24N4O2/c1-10-7-14(19-15(16-2)17-10)18-12-9-20-6-5-13(12)21-8-11-3-4-11/h7,11-13H,3-6,8-9H2,1-2H3,(H2,16,17,18,19)/t12-,13+/m1/s1. The molecule has 1 aromatic rings. The molecule has 0 unspecified atom stereocenters. The summed E-state index contributed by atoms with van der Waals surface area (Å²) in [6.45, 7) is 4.28. The Labute approximate surface area is 125 Å². The van der Waals surface area contributed by atoms with Crippen LogP contribution in [0.5, 0.6) is 0 Å². The van der Waals surface area contributed by atoms with Crippen molar-refractivity contribution in [3.63, 3.8) is 0 Å². The van der Waals surface area contributed by atoms with E-state index < -0.39 is 0 Å². The molecule has 2 N–H and O–H groups in total. The summed E-state index contributed by atoms with van der Waals surface area (Å²) in [7, 11) is 1.82. The number of aromatic nitrogens is 2. The number of anilines is 2. The quantitative estimate of drug-likeness (QED) is 0.833. The maximum atomic E-state index is 6.08. The average molecular weight is 292 g/mol. The monoisotopic (exact) mass is 292 g/mol. The van der Waals surface area contributed by atoms with Crippen molar-refractivity contribution in [3.05, 3.63) is 11.8 Å². The molecular weight excluding hydrogens is 268 g/mol. The smallest absolute Gasteiger partial charge is 0.224 e. The minimum atomic E-state index is 0.150. The van der Waals surface area contributed by atoms with Crippen LogP contribution in [0.3, 0.4) is 0 Å². The van der Waals surface area contributed by atoms with Crippen LogP contribution in [0.15, 0.2) is 6.07 Å². The maximum Gasteiger partial charge on any atom is 0.224 e. The van der Waals surface area contributed by atoms with Crippen molar-refractivity contribution in [2.45, 2.75) is 38.3 Å². The van der Waals surface area contributed by atoms with E-state index in [1.165, 1.54) is 12.8 Å². The first-order valence-electron chi connectivity index (χ1n) is 7.74. The van der Waals surface area contributed by atoms with Gasteiger partial charge in [-0.25, -0.2) is 4.98 Å². The first-order valence-corrected chi connectivity index (χ1v) is 7.74. The fraction of sp³-hybridized carbons (Fsp3) is 0.733. The van der Waals surface area contributed by atoms with Gasteiger partial charge in [-0.1, -0.05) is 0 Å². The van der Waals surface area contributed by atoms with Crippen LogP contribution in [0, 0.1) is 12.8 Å². The molecular formula is C15H24N4O2. The third-order valence-electron chi connectivity index (χ3n) is 3.95. The number of hydrogen-bond acceptors (Lipinski definition) is 6. The van der Waals surface area contributed by atoms with Gasteiger partial charge in [-0.05, 0) is 32.1 Å². The van der Waals surface area contributed by atoms with E-state index in [0.29, 0.717) is 12.6 Å². The molecule has 6 nitrogen and oxygen atoms in total. The lowest BCUT2D eigenvalue weighted by Crippen LogP contribution is -2.44. The first kappa shape index (κ1) is 14.5. The summed E-state index contributed by atoms with van der Waals surface area (Å²) < 4.78 is 11.7. The molecule has 2 fully saturated rings. The Hall–Kier alpha value is -1.40. The van der Waals surface area contributed by atoms with Crippen molar-refractivity contribution in [1.29, 1.82) is 0 Å². The normalized spacial score (nSPS) is 25.6. The van der Waals surface area contributed by atoms with Gasteiger partial charge in [0, 0.05) is 32.0 Å². The van der Waals surface area contributed by atoms with Gasteiger partial charge in [0.05, 0.1) is 18.8 Å². The van der Waals surface area contributed by atoms with Crippen LogP contribution < -0.4 is 10.6 Å². The Morgan fingerprint density at radius 2 is 2.19 bits per heavy atom. The molecule has 2 aliphatic rings. The fourth-order valence-corrected chi connectivity index (χ4v) is 2.54. The molecule has 2 heterocycles.